The fourth-order valence-corrected chi connectivity index (χ4v) is 1.51. The second-order valence-electron chi connectivity index (χ2n) is 2.46. The summed E-state index contributed by atoms with van der Waals surface area (Å²) in [5, 5.41) is 3.42. The lowest BCUT2D eigenvalue weighted by Crippen LogP contribution is -2.30. The van der Waals surface area contributed by atoms with E-state index in [1.165, 1.54) is 0 Å². The summed E-state index contributed by atoms with van der Waals surface area (Å²) >= 11 is 1.65. The number of nitrogens with one attached hydrogen (secondary N) is 1. The zero-order chi connectivity index (χ0) is 8.15. The highest BCUT2D eigenvalue weighted by molar-refractivity contribution is 8.01. The zero-order valence-corrected chi connectivity index (χ0v) is 7.79. The molecule has 1 unspecified atom stereocenters. The van der Waals surface area contributed by atoms with Crippen LogP contribution in [-0.2, 0) is 4.79 Å². The van der Waals surface area contributed by atoms with Gasteiger partial charge in [-0.05, 0) is 14.0 Å². The molecule has 0 aliphatic rings. The molecule has 0 aliphatic heterocycles. The van der Waals surface area contributed by atoms with Gasteiger partial charge in [0.15, 0.2) is 5.78 Å². The van der Waals surface area contributed by atoms with Crippen molar-refractivity contribution in [3.05, 3.63) is 0 Å². The van der Waals surface area contributed by atoms with Gasteiger partial charge in [0, 0.05) is 5.25 Å². The van der Waals surface area contributed by atoms with Crippen molar-refractivity contribution in [1.82, 2.24) is 5.32 Å². The Morgan fingerprint density at radius 3 is 2.10 bits per heavy atom. The van der Waals surface area contributed by atoms with E-state index in [4.69, 9.17) is 0 Å². The maximum Gasteiger partial charge on any atom is 0.156 e. The standard InChI is InChI=1S/C7H15NOS/c1-5(2)10-7(8-4)6(3)9/h5,7-8H,1-4H3. The summed E-state index contributed by atoms with van der Waals surface area (Å²) in [7, 11) is 1.81. The second kappa shape index (κ2) is 4.74. The van der Waals surface area contributed by atoms with Gasteiger partial charge in [-0.2, -0.15) is 0 Å². The van der Waals surface area contributed by atoms with E-state index in [1.807, 2.05) is 0 Å². The monoisotopic (exact) mass is 161 g/mol. The van der Waals surface area contributed by atoms with Gasteiger partial charge >= 0.3 is 0 Å². The normalized spacial score (nSPS) is 13.7. The van der Waals surface area contributed by atoms with Gasteiger partial charge in [-0.1, -0.05) is 13.8 Å². The minimum atomic E-state index is -0.0278. The number of carbonyl (C=O) groups excluding carboxylic acids is 1. The molecule has 0 fully saturated rings. The van der Waals surface area contributed by atoms with Crippen LogP contribution in [0, 0.1) is 0 Å². The molecule has 0 aromatic rings. The first-order chi connectivity index (χ1) is 4.57. The molecule has 0 rings (SSSR count). The van der Waals surface area contributed by atoms with Crippen LogP contribution in [0.15, 0.2) is 0 Å². The van der Waals surface area contributed by atoms with Crippen molar-refractivity contribution in [2.75, 3.05) is 7.05 Å². The van der Waals surface area contributed by atoms with Crippen LogP contribution in [0.5, 0.6) is 0 Å². The maximum absolute atomic E-state index is 10.8. The highest BCUT2D eigenvalue weighted by Crippen LogP contribution is 2.14. The second-order valence-corrected chi connectivity index (χ2v) is 4.15. The van der Waals surface area contributed by atoms with Crippen LogP contribution in [-0.4, -0.2) is 23.5 Å². The van der Waals surface area contributed by atoms with Gasteiger partial charge in [0.05, 0.1) is 0 Å². The molecule has 0 aromatic heterocycles. The third kappa shape index (κ3) is 3.90. The predicted octanol–water partition coefficient (Wildman–Crippen LogP) is 1.26. The van der Waals surface area contributed by atoms with Gasteiger partial charge in [-0.15, -0.1) is 11.8 Å². The third-order valence-corrected chi connectivity index (χ3v) is 2.42. The van der Waals surface area contributed by atoms with E-state index in [1.54, 1.807) is 25.7 Å². The van der Waals surface area contributed by atoms with Gasteiger partial charge < -0.3 is 5.32 Å². The Balaban J connectivity index is 3.72. The first kappa shape index (κ1) is 9.98. The lowest BCUT2D eigenvalue weighted by molar-refractivity contribution is -0.116. The summed E-state index contributed by atoms with van der Waals surface area (Å²) in [5.74, 6) is 0.196. The Morgan fingerprint density at radius 1 is 1.50 bits per heavy atom. The lowest BCUT2D eigenvalue weighted by Gasteiger charge is -2.13. The van der Waals surface area contributed by atoms with E-state index in [9.17, 15) is 4.79 Å². The molecule has 2 nitrogen and oxygen atoms in total. The number of likely N-dealkylation sites (N-methyl/N-ethyl adjacent to an activating group) is 1. The first-order valence-electron chi connectivity index (χ1n) is 3.41. The van der Waals surface area contributed by atoms with Crippen LogP contribution in [0.4, 0.5) is 0 Å². The zero-order valence-electron chi connectivity index (χ0n) is 6.97. The number of carbonyl (C=O) groups is 1. The number of Topliss-reactive ketones (excluding diaryl/α,β-unsaturated/α-hetero) is 1. The number of rotatable bonds is 4. The van der Waals surface area contributed by atoms with E-state index in [0.29, 0.717) is 5.25 Å². The van der Waals surface area contributed by atoms with Crippen molar-refractivity contribution in [3.8, 4) is 0 Å². The number of thioether (sulfide) groups is 1. The van der Waals surface area contributed by atoms with E-state index < -0.39 is 0 Å². The van der Waals surface area contributed by atoms with Gasteiger partial charge in [-0.25, -0.2) is 0 Å². The van der Waals surface area contributed by atoms with E-state index in [2.05, 4.69) is 19.2 Å². The molecule has 0 bridgehead atoms. The Bertz CT molecular complexity index is 114. The maximum atomic E-state index is 10.8. The molecule has 0 amide bonds. The quantitative estimate of drug-likeness (QED) is 0.629. The van der Waals surface area contributed by atoms with Crippen molar-refractivity contribution < 1.29 is 4.79 Å². The van der Waals surface area contributed by atoms with E-state index in [-0.39, 0.29) is 11.2 Å². The number of hydrogen-bond acceptors (Lipinski definition) is 3. The number of ketones is 1. The summed E-state index contributed by atoms with van der Waals surface area (Å²) < 4.78 is 0. The molecule has 0 aliphatic carbocycles. The third-order valence-electron chi connectivity index (χ3n) is 1.04. The highest BCUT2D eigenvalue weighted by atomic mass is 32.2. The van der Waals surface area contributed by atoms with Gasteiger partial charge in [0.25, 0.3) is 0 Å². The Hall–Kier alpha value is -0.0200. The highest BCUT2D eigenvalue weighted by Gasteiger charge is 2.12. The molecule has 1 N–H and O–H groups in total. The molecule has 3 heteroatoms. The summed E-state index contributed by atoms with van der Waals surface area (Å²) in [6.45, 7) is 5.77. The molecule has 0 spiro atoms. The average Bonchev–Trinajstić information content (AvgIpc) is 1.81. The van der Waals surface area contributed by atoms with Crippen LogP contribution in [0.25, 0.3) is 0 Å². The van der Waals surface area contributed by atoms with E-state index in [0.717, 1.165) is 0 Å². The van der Waals surface area contributed by atoms with Crippen LogP contribution in [0.2, 0.25) is 0 Å². The summed E-state index contributed by atoms with van der Waals surface area (Å²) in [6.07, 6.45) is 0. The van der Waals surface area contributed by atoms with Crippen LogP contribution in [0.1, 0.15) is 20.8 Å². The molecule has 60 valence electrons. The van der Waals surface area contributed by atoms with Crippen molar-refractivity contribution in [3.63, 3.8) is 0 Å². The lowest BCUT2D eigenvalue weighted by atomic mass is 10.4. The van der Waals surface area contributed by atoms with Crippen LogP contribution in [0.3, 0.4) is 0 Å². The van der Waals surface area contributed by atoms with Gasteiger partial charge in [-0.3, -0.25) is 4.79 Å². The smallest absolute Gasteiger partial charge is 0.156 e. The SMILES string of the molecule is CNC(SC(C)C)C(C)=O. The molecule has 0 saturated carbocycles. The predicted molar refractivity (Wildman–Crippen MR) is 46.3 cm³/mol. The largest absolute Gasteiger partial charge is 0.302 e. The fraction of sp³-hybridized carbons (Fsp3) is 0.857. The molecule has 0 aromatic carbocycles. The van der Waals surface area contributed by atoms with Crippen molar-refractivity contribution >= 4 is 17.5 Å². The van der Waals surface area contributed by atoms with E-state index >= 15 is 0 Å². The van der Waals surface area contributed by atoms with Crippen LogP contribution >= 0.6 is 11.8 Å². The molecule has 0 heterocycles. The van der Waals surface area contributed by atoms with Gasteiger partial charge in [0.1, 0.15) is 5.37 Å². The average molecular weight is 161 g/mol. The minimum Gasteiger partial charge on any atom is -0.302 e. The molecule has 10 heavy (non-hydrogen) atoms. The molecular formula is C7H15NOS. The molecule has 0 radical (unpaired) electrons. The molecule has 0 saturated heterocycles. The van der Waals surface area contributed by atoms with Crippen molar-refractivity contribution in [2.45, 2.75) is 31.4 Å². The molecular weight excluding hydrogens is 146 g/mol. The van der Waals surface area contributed by atoms with Crippen molar-refractivity contribution in [2.24, 2.45) is 0 Å². The topological polar surface area (TPSA) is 29.1 Å². The fourth-order valence-electron chi connectivity index (χ4n) is 0.639. The number of hydrogen-bond donors (Lipinski definition) is 1. The van der Waals surface area contributed by atoms with Crippen molar-refractivity contribution in [1.29, 1.82) is 0 Å². The minimum absolute atomic E-state index is 0.0278. The molecule has 1 atom stereocenters. The Kier molecular flexibility index (Phi) is 4.73. The van der Waals surface area contributed by atoms with Crippen LogP contribution < -0.4 is 5.32 Å². The van der Waals surface area contributed by atoms with Gasteiger partial charge in [0.2, 0.25) is 0 Å². The Labute approximate surface area is 66.8 Å². The summed E-state index contributed by atoms with van der Waals surface area (Å²) in [4.78, 5) is 10.8. The summed E-state index contributed by atoms with van der Waals surface area (Å²) in [6, 6.07) is 0. The first-order valence-corrected chi connectivity index (χ1v) is 4.35. The Morgan fingerprint density at radius 2 is 2.00 bits per heavy atom. The summed E-state index contributed by atoms with van der Waals surface area (Å²) in [5.41, 5.74) is 0.